The first-order valence-corrected chi connectivity index (χ1v) is 5.91. The molecule has 0 radical (unpaired) electrons. The van der Waals surface area contributed by atoms with E-state index in [-0.39, 0.29) is 17.6 Å². The number of carbonyl (C=O) groups is 1. The van der Waals surface area contributed by atoms with Gasteiger partial charge in [0.1, 0.15) is 5.78 Å². The van der Waals surface area contributed by atoms with Gasteiger partial charge in [0.2, 0.25) is 0 Å². The molecule has 16 heavy (non-hydrogen) atoms. The van der Waals surface area contributed by atoms with E-state index in [0.29, 0.717) is 18.0 Å². The molecule has 0 saturated heterocycles. The Kier molecular flexibility index (Phi) is 4.97. The van der Waals surface area contributed by atoms with Crippen molar-refractivity contribution in [2.75, 3.05) is 6.54 Å². The van der Waals surface area contributed by atoms with Gasteiger partial charge in [-0.1, -0.05) is 43.6 Å². The highest BCUT2D eigenvalue weighted by molar-refractivity contribution is 6.31. The third-order valence-corrected chi connectivity index (χ3v) is 3.07. The van der Waals surface area contributed by atoms with Gasteiger partial charge in [0.15, 0.2) is 0 Å². The number of halogens is 1. The third-order valence-electron chi connectivity index (χ3n) is 2.72. The van der Waals surface area contributed by atoms with Crippen molar-refractivity contribution in [3.05, 3.63) is 34.9 Å². The third kappa shape index (κ3) is 3.32. The van der Waals surface area contributed by atoms with E-state index >= 15 is 0 Å². The summed E-state index contributed by atoms with van der Waals surface area (Å²) in [6.45, 7) is 4.26. The van der Waals surface area contributed by atoms with Crippen LogP contribution in [0.2, 0.25) is 5.02 Å². The molecule has 2 nitrogen and oxygen atoms in total. The van der Waals surface area contributed by atoms with Crippen LogP contribution in [0.15, 0.2) is 24.3 Å². The van der Waals surface area contributed by atoms with Crippen molar-refractivity contribution < 1.29 is 4.79 Å². The Bertz CT molecular complexity index is 363. The minimum atomic E-state index is 0.0311. The van der Waals surface area contributed by atoms with E-state index in [2.05, 4.69) is 0 Å². The zero-order chi connectivity index (χ0) is 12.1. The van der Waals surface area contributed by atoms with E-state index in [1.54, 1.807) is 0 Å². The number of ketones is 1. The van der Waals surface area contributed by atoms with E-state index in [1.165, 1.54) is 0 Å². The summed E-state index contributed by atoms with van der Waals surface area (Å²) in [7, 11) is 0. The number of Topliss-reactive ketones (excluding diaryl/α,β-unsaturated/α-hetero) is 1. The maximum absolute atomic E-state index is 11.7. The Balaban J connectivity index is 2.83. The molecular weight excluding hydrogens is 222 g/mol. The van der Waals surface area contributed by atoms with Gasteiger partial charge in [-0.25, -0.2) is 0 Å². The molecule has 0 bridgehead atoms. The van der Waals surface area contributed by atoms with Gasteiger partial charge in [-0.15, -0.1) is 0 Å². The number of hydrogen-bond acceptors (Lipinski definition) is 2. The van der Waals surface area contributed by atoms with Gasteiger partial charge in [0.25, 0.3) is 0 Å². The first-order valence-electron chi connectivity index (χ1n) is 5.53. The molecule has 0 spiro atoms. The molecule has 0 aliphatic carbocycles. The number of benzene rings is 1. The molecule has 1 rings (SSSR count). The molecule has 0 aromatic heterocycles. The van der Waals surface area contributed by atoms with E-state index < -0.39 is 0 Å². The van der Waals surface area contributed by atoms with Crippen molar-refractivity contribution in [2.24, 2.45) is 11.7 Å². The smallest absolute Gasteiger partial charge is 0.136 e. The molecule has 1 atom stereocenters. The quantitative estimate of drug-likeness (QED) is 0.859. The molecule has 0 unspecified atom stereocenters. The Morgan fingerprint density at radius 2 is 2.00 bits per heavy atom. The Morgan fingerprint density at radius 1 is 1.38 bits per heavy atom. The largest absolute Gasteiger partial charge is 0.330 e. The van der Waals surface area contributed by atoms with E-state index in [9.17, 15) is 4.79 Å². The summed E-state index contributed by atoms with van der Waals surface area (Å²) in [4.78, 5) is 11.7. The van der Waals surface area contributed by atoms with Gasteiger partial charge < -0.3 is 5.73 Å². The first-order chi connectivity index (χ1) is 7.56. The topological polar surface area (TPSA) is 43.1 Å². The lowest BCUT2D eigenvalue weighted by Crippen LogP contribution is -2.19. The Morgan fingerprint density at radius 3 is 2.50 bits per heavy atom. The van der Waals surface area contributed by atoms with Crippen LogP contribution in [-0.2, 0) is 4.79 Å². The highest BCUT2D eigenvalue weighted by atomic mass is 35.5. The lowest BCUT2D eigenvalue weighted by Gasteiger charge is -2.16. The van der Waals surface area contributed by atoms with Crippen LogP contribution in [0.5, 0.6) is 0 Å². The summed E-state index contributed by atoms with van der Waals surface area (Å²) in [6, 6.07) is 7.57. The van der Waals surface area contributed by atoms with Crippen molar-refractivity contribution in [1.82, 2.24) is 0 Å². The van der Waals surface area contributed by atoms with Crippen LogP contribution >= 0.6 is 11.6 Å². The maximum atomic E-state index is 11.7. The molecular formula is C13H18ClNO. The average molecular weight is 240 g/mol. The molecule has 0 heterocycles. The van der Waals surface area contributed by atoms with Crippen molar-refractivity contribution in [2.45, 2.75) is 26.2 Å². The van der Waals surface area contributed by atoms with Crippen molar-refractivity contribution in [1.29, 1.82) is 0 Å². The Hall–Kier alpha value is -0.860. The molecule has 1 aromatic rings. The predicted octanol–water partition coefficient (Wildman–Crippen LogP) is 3.00. The van der Waals surface area contributed by atoms with Crippen LogP contribution in [0.25, 0.3) is 0 Å². The minimum Gasteiger partial charge on any atom is -0.330 e. The fraction of sp³-hybridized carbons (Fsp3) is 0.462. The highest BCUT2D eigenvalue weighted by Crippen LogP contribution is 2.27. The van der Waals surface area contributed by atoms with Gasteiger partial charge in [0.05, 0.1) is 0 Å². The van der Waals surface area contributed by atoms with Crippen LogP contribution in [0.4, 0.5) is 0 Å². The lowest BCUT2D eigenvalue weighted by atomic mass is 9.90. The highest BCUT2D eigenvalue weighted by Gasteiger charge is 2.18. The SMILES string of the molecule is CC(C)C(=O)C[C@@H](CN)c1ccccc1Cl. The van der Waals surface area contributed by atoms with Crippen molar-refractivity contribution in [3.8, 4) is 0 Å². The molecule has 1 aromatic carbocycles. The van der Waals surface area contributed by atoms with Gasteiger partial charge >= 0.3 is 0 Å². The second-order valence-electron chi connectivity index (χ2n) is 4.28. The molecule has 0 aliphatic heterocycles. The minimum absolute atomic E-state index is 0.0311. The summed E-state index contributed by atoms with van der Waals surface area (Å²) in [5.41, 5.74) is 6.68. The van der Waals surface area contributed by atoms with Crippen LogP contribution in [0, 0.1) is 5.92 Å². The first kappa shape index (κ1) is 13.2. The number of nitrogens with two attached hydrogens (primary N) is 1. The summed E-state index contributed by atoms with van der Waals surface area (Å²) in [5.74, 6) is 0.315. The molecule has 0 aliphatic rings. The predicted molar refractivity (Wildman–Crippen MR) is 67.7 cm³/mol. The summed E-state index contributed by atoms with van der Waals surface area (Å²) in [5, 5.41) is 0.689. The fourth-order valence-electron chi connectivity index (χ4n) is 1.60. The number of carbonyl (C=O) groups excluding carboxylic acids is 1. The second-order valence-corrected chi connectivity index (χ2v) is 4.69. The molecule has 0 saturated carbocycles. The molecule has 0 amide bonds. The van der Waals surface area contributed by atoms with Crippen LogP contribution in [-0.4, -0.2) is 12.3 Å². The monoisotopic (exact) mass is 239 g/mol. The molecule has 0 fully saturated rings. The van der Waals surface area contributed by atoms with Gasteiger partial charge in [0, 0.05) is 23.3 Å². The number of rotatable bonds is 5. The zero-order valence-corrected chi connectivity index (χ0v) is 10.5. The maximum Gasteiger partial charge on any atom is 0.136 e. The van der Waals surface area contributed by atoms with E-state index in [1.807, 2.05) is 38.1 Å². The van der Waals surface area contributed by atoms with Crippen molar-refractivity contribution >= 4 is 17.4 Å². The van der Waals surface area contributed by atoms with Gasteiger partial charge in [-0.3, -0.25) is 4.79 Å². The van der Waals surface area contributed by atoms with E-state index in [4.69, 9.17) is 17.3 Å². The summed E-state index contributed by atoms with van der Waals surface area (Å²) >= 11 is 6.09. The van der Waals surface area contributed by atoms with E-state index in [0.717, 1.165) is 5.56 Å². The van der Waals surface area contributed by atoms with Crippen LogP contribution in [0.3, 0.4) is 0 Å². The second kappa shape index (κ2) is 6.02. The number of hydrogen-bond donors (Lipinski definition) is 1. The normalized spacial score (nSPS) is 12.8. The van der Waals surface area contributed by atoms with Gasteiger partial charge in [-0.2, -0.15) is 0 Å². The summed E-state index contributed by atoms with van der Waals surface area (Å²) < 4.78 is 0. The molecule has 88 valence electrons. The van der Waals surface area contributed by atoms with Gasteiger partial charge in [-0.05, 0) is 18.2 Å². The standard InChI is InChI=1S/C13H18ClNO/c1-9(2)13(16)7-10(8-15)11-5-3-4-6-12(11)14/h3-6,9-10H,7-8,15H2,1-2H3/t10-/m0/s1. The molecule has 3 heteroatoms. The Labute approximate surface area is 102 Å². The van der Waals surface area contributed by atoms with Crippen LogP contribution < -0.4 is 5.73 Å². The fourth-order valence-corrected chi connectivity index (χ4v) is 1.90. The zero-order valence-electron chi connectivity index (χ0n) is 9.74. The lowest BCUT2D eigenvalue weighted by molar-refractivity contribution is -0.122. The molecule has 2 N–H and O–H groups in total. The summed E-state index contributed by atoms with van der Waals surface area (Å²) in [6.07, 6.45) is 0.470. The van der Waals surface area contributed by atoms with Crippen LogP contribution in [0.1, 0.15) is 31.7 Å². The average Bonchev–Trinajstić information content (AvgIpc) is 2.26. The van der Waals surface area contributed by atoms with Crippen molar-refractivity contribution in [3.63, 3.8) is 0 Å².